The third kappa shape index (κ3) is 3.08. The number of aliphatic hydroxyl groups excluding tert-OH is 1. The van der Waals surface area contributed by atoms with Gasteiger partial charge in [-0.25, -0.2) is 14.3 Å². The molecule has 2 aliphatic rings. The summed E-state index contributed by atoms with van der Waals surface area (Å²) in [5.41, 5.74) is 7.01. The number of rotatable bonds is 4. The van der Waals surface area contributed by atoms with Gasteiger partial charge in [-0.3, -0.25) is 0 Å². The second-order valence-electron chi connectivity index (χ2n) is 7.75. The monoisotopic (exact) mass is 404 g/mol. The Balaban J connectivity index is 1.85. The van der Waals surface area contributed by atoms with Crippen LogP contribution in [-0.4, -0.2) is 63.0 Å². The second kappa shape index (κ2) is 6.77. The molecule has 10 heteroatoms. The molecular weight excluding hydrogens is 380 g/mol. The van der Waals surface area contributed by atoms with Crippen molar-refractivity contribution in [1.29, 1.82) is 0 Å². The van der Waals surface area contributed by atoms with Crippen molar-refractivity contribution < 1.29 is 28.8 Å². The molecule has 4 rings (SSSR count). The van der Waals surface area contributed by atoms with Crippen LogP contribution in [0.25, 0.3) is 11.6 Å². The minimum atomic E-state index is -0.867. The van der Waals surface area contributed by atoms with Crippen molar-refractivity contribution in [2.75, 3.05) is 19.5 Å². The smallest absolute Gasteiger partial charge is 0.330 e. The average molecular weight is 404 g/mol. The van der Waals surface area contributed by atoms with E-state index in [0.717, 1.165) is 0 Å². The van der Waals surface area contributed by atoms with Gasteiger partial charge < -0.3 is 29.8 Å². The van der Waals surface area contributed by atoms with E-state index in [2.05, 4.69) is 14.8 Å². The summed E-state index contributed by atoms with van der Waals surface area (Å²) >= 11 is 0. The van der Waals surface area contributed by atoms with Crippen molar-refractivity contribution in [2.45, 2.75) is 50.5 Å². The Labute approximate surface area is 167 Å². The van der Waals surface area contributed by atoms with Gasteiger partial charge in [-0.05, 0) is 32.9 Å². The Hall–Kier alpha value is -2.53. The van der Waals surface area contributed by atoms with Crippen molar-refractivity contribution in [3.05, 3.63) is 29.7 Å². The summed E-state index contributed by atoms with van der Waals surface area (Å²) in [7, 11) is 1.30. The Bertz CT molecular complexity index is 986. The van der Waals surface area contributed by atoms with E-state index >= 15 is 0 Å². The van der Waals surface area contributed by atoms with Gasteiger partial charge in [0.05, 0.1) is 19.4 Å². The fourth-order valence-electron chi connectivity index (χ4n) is 4.23. The molecule has 2 aromatic rings. The summed E-state index contributed by atoms with van der Waals surface area (Å²) < 4.78 is 24.6. The molecule has 0 amide bonds. The number of fused-ring (bicyclic) bond motifs is 2. The second-order valence-corrected chi connectivity index (χ2v) is 7.75. The van der Waals surface area contributed by atoms with Crippen molar-refractivity contribution in [2.24, 2.45) is 0 Å². The summed E-state index contributed by atoms with van der Waals surface area (Å²) in [5, 5.41) is 14.1. The van der Waals surface area contributed by atoms with Crippen molar-refractivity contribution in [1.82, 2.24) is 14.6 Å². The summed E-state index contributed by atoms with van der Waals surface area (Å²) in [4.78, 5) is 15.6. The van der Waals surface area contributed by atoms with E-state index in [1.165, 1.54) is 19.5 Å². The van der Waals surface area contributed by atoms with Crippen LogP contribution in [0.2, 0.25) is 0 Å². The number of carbonyl (C=O) groups excluding carboxylic acids is 1. The summed E-state index contributed by atoms with van der Waals surface area (Å²) in [6, 6.07) is 1.81. The lowest BCUT2D eigenvalue weighted by atomic mass is 9.91. The van der Waals surface area contributed by atoms with Crippen LogP contribution in [0.4, 0.5) is 5.82 Å². The highest BCUT2D eigenvalue weighted by Gasteiger charge is 2.64. The molecule has 0 aliphatic carbocycles. The third-order valence-electron chi connectivity index (χ3n) is 5.30. The minimum absolute atomic E-state index is 0.217. The van der Waals surface area contributed by atoms with E-state index < -0.39 is 35.7 Å². The standard InChI is InChI=1S/C19H24N4O6/c1-18(2)28-16-12(8-24)27-15(19(16,3)29-18)11-7-10(5-6-13(25)26-4)14-17(20)21-9-22-23(11)14/h5-7,9,12,15-16,24H,8H2,1-4H3,(H2,20,21,22)/b6-5+/t12-,15+,16-,19+/m1/s1. The minimum Gasteiger partial charge on any atom is -0.466 e. The number of aromatic nitrogens is 3. The number of carbonyl (C=O) groups is 1. The van der Waals surface area contributed by atoms with Crippen LogP contribution in [0, 0.1) is 0 Å². The lowest BCUT2D eigenvalue weighted by Gasteiger charge is -2.29. The molecule has 10 nitrogen and oxygen atoms in total. The Morgan fingerprint density at radius 1 is 1.45 bits per heavy atom. The largest absolute Gasteiger partial charge is 0.466 e. The fraction of sp³-hybridized carbons (Fsp3) is 0.526. The third-order valence-corrected chi connectivity index (χ3v) is 5.30. The summed E-state index contributed by atoms with van der Waals surface area (Å²) in [6.45, 7) is 5.32. The molecule has 156 valence electrons. The molecule has 0 bridgehead atoms. The molecule has 4 atom stereocenters. The van der Waals surface area contributed by atoms with Crippen LogP contribution in [0.3, 0.4) is 0 Å². The molecule has 2 aliphatic heterocycles. The number of anilines is 1. The molecule has 0 spiro atoms. The normalized spacial score (nSPS) is 30.9. The number of hydrogen-bond acceptors (Lipinski definition) is 9. The number of nitrogen functional groups attached to an aromatic ring is 1. The molecule has 2 saturated heterocycles. The molecule has 0 saturated carbocycles. The predicted octanol–water partition coefficient (Wildman–Crippen LogP) is 0.840. The topological polar surface area (TPSA) is 130 Å². The lowest BCUT2D eigenvalue weighted by molar-refractivity contribution is -0.207. The summed E-state index contributed by atoms with van der Waals surface area (Å²) in [6.07, 6.45) is 2.58. The number of nitrogens with zero attached hydrogens (tertiary/aromatic N) is 3. The molecule has 29 heavy (non-hydrogen) atoms. The highest BCUT2D eigenvalue weighted by molar-refractivity contribution is 5.90. The van der Waals surface area contributed by atoms with E-state index in [9.17, 15) is 9.90 Å². The van der Waals surface area contributed by atoms with Gasteiger partial charge in [0.1, 0.15) is 35.8 Å². The number of hydrogen-bond donors (Lipinski definition) is 2. The zero-order valence-electron chi connectivity index (χ0n) is 16.7. The predicted molar refractivity (Wildman–Crippen MR) is 102 cm³/mol. The van der Waals surface area contributed by atoms with Crippen molar-refractivity contribution in [3.8, 4) is 0 Å². The first-order valence-corrected chi connectivity index (χ1v) is 9.22. The van der Waals surface area contributed by atoms with E-state index in [4.69, 9.17) is 19.9 Å². The van der Waals surface area contributed by atoms with Crippen LogP contribution in [-0.2, 0) is 23.7 Å². The first-order chi connectivity index (χ1) is 13.7. The van der Waals surface area contributed by atoms with Gasteiger partial charge in [-0.2, -0.15) is 5.10 Å². The molecule has 0 aromatic carbocycles. The number of nitrogens with two attached hydrogens (primary N) is 1. The Kier molecular flexibility index (Phi) is 4.61. The number of esters is 1. The zero-order chi connectivity index (χ0) is 21.0. The summed E-state index contributed by atoms with van der Waals surface area (Å²) in [5.74, 6) is -1.08. The zero-order valence-corrected chi connectivity index (χ0v) is 16.7. The van der Waals surface area contributed by atoms with Crippen LogP contribution in [0.15, 0.2) is 18.5 Å². The number of methoxy groups -OCH3 is 1. The van der Waals surface area contributed by atoms with Crippen molar-refractivity contribution in [3.63, 3.8) is 0 Å². The lowest BCUT2D eigenvalue weighted by Crippen LogP contribution is -2.40. The van der Waals surface area contributed by atoms with Gasteiger partial charge >= 0.3 is 5.97 Å². The first kappa shape index (κ1) is 19.8. The van der Waals surface area contributed by atoms with E-state index in [0.29, 0.717) is 16.8 Å². The number of ether oxygens (including phenoxy) is 4. The highest BCUT2D eigenvalue weighted by Crippen LogP contribution is 2.53. The van der Waals surface area contributed by atoms with Crippen LogP contribution in [0.5, 0.6) is 0 Å². The Morgan fingerprint density at radius 2 is 2.21 bits per heavy atom. The molecule has 0 radical (unpaired) electrons. The van der Waals surface area contributed by atoms with E-state index in [1.807, 2.05) is 20.8 Å². The fourth-order valence-corrected chi connectivity index (χ4v) is 4.23. The van der Waals surface area contributed by atoms with Gasteiger partial charge in [-0.15, -0.1) is 0 Å². The first-order valence-electron chi connectivity index (χ1n) is 9.22. The Morgan fingerprint density at radius 3 is 2.90 bits per heavy atom. The SMILES string of the molecule is COC(=O)/C=C/c1cc([C@@H]2O[C@H](CO)[C@H]3OC(C)(C)O[C@]32C)n2ncnc(N)c12. The van der Waals surface area contributed by atoms with E-state index in [-0.39, 0.29) is 12.4 Å². The molecule has 3 N–H and O–H groups in total. The van der Waals surface area contributed by atoms with Crippen LogP contribution < -0.4 is 5.73 Å². The van der Waals surface area contributed by atoms with Crippen LogP contribution >= 0.6 is 0 Å². The van der Waals surface area contributed by atoms with Gasteiger partial charge in [0.25, 0.3) is 0 Å². The molecule has 4 heterocycles. The van der Waals surface area contributed by atoms with Gasteiger partial charge in [0.15, 0.2) is 11.6 Å². The maximum Gasteiger partial charge on any atom is 0.330 e. The maximum atomic E-state index is 11.6. The average Bonchev–Trinajstić information content (AvgIpc) is 3.24. The highest BCUT2D eigenvalue weighted by atomic mass is 16.8. The van der Waals surface area contributed by atoms with Gasteiger partial charge in [0.2, 0.25) is 0 Å². The van der Waals surface area contributed by atoms with Gasteiger partial charge in [-0.1, -0.05) is 0 Å². The quantitative estimate of drug-likeness (QED) is 0.562. The molecular formula is C19H24N4O6. The van der Waals surface area contributed by atoms with Crippen LogP contribution in [0.1, 0.15) is 38.1 Å². The van der Waals surface area contributed by atoms with E-state index in [1.54, 1.807) is 16.7 Å². The van der Waals surface area contributed by atoms with Gasteiger partial charge in [0, 0.05) is 11.6 Å². The number of aliphatic hydroxyl groups is 1. The molecule has 2 fully saturated rings. The molecule has 2 aromatic heterocycles. The maximum absolute atomic E-state index is 11.6. The van der Waals surface area contributed by atoms with Crippen molar-refractivity contribution >= 4 is 23.4 Å². The molecule has 0 unspecified atom stereocenters.